The molecule has 2 N–H and O–H groups in total. The SMILES string of the molecule is COc1cc(C)c(NS(=O)O)cc1F. The summed E-state index contributed by atoms with van der Waals surface area (Å²) in [6.07, 6.45) is 0. The number of aryl methyl sites for hydroxylation is 1. The zero-order valence-electron chi connectivity index (χ0n) is 7.70. The molecule has 14 heavy (non-hydrogen) atoms. The molecule has 0 amide bonds. The Balaban J connectivity index is 3.08. The highest BCUT2D eigenvalue weighted by atomic mass is 32.2. The molecule has 0 radical (unpaired) electrons. The van der Waals surface area contributed by atoms with Crippen LogP contribution in [0.3, 0.4) is 0 Å². The lowest BCUT2D eigenvalue weighted by Crippen LogP contribution is -2.04. The molecule has 1 aromatic carbocycles. The summed E-state index contributed by atoms with van der Waals surface area (Å²) in [4.78, 5) is 0. The molecule has 0 heterocycles. The predicted octanol–water partition coefficient (Wildman–Crippen LogP) is 1.69. The molecular weight excluding hydrogens is 209 g/mol. The summed E-state index contributed by atoms with van der Waals surface area (Å²) in [5, 5.41) is 0. The third-order valence-corrected chi connectivity index (χ3v) is 2.09. The van der Waals surface area contributed by atoms with E-state index in [9.17, 15) is 8.60 Å². The molecule has 0 fully saturated rings. The summed E-state index contributed by atoms with van der Waals surface area (Å²) < 4.78 is 39.1. The average Bonchev–Trinajstić information content (AvgIpc) is 2.10. The van der Waals surface area contributed by atoms with Crippen molar-refractivity contribution in [2.45, 2.75) is 6.92 Å². The minimum atomic E-state index is -2.20. The van der Waals surface area contributed by atoms with Crippen LogP contribution in [0.25, 0.3) is 0 Å². The molecule has 4 nitrogen and oxygen atoms in total. The second-order valence-electron chi connectivity index (χ2n) is 2.65. The van der Waals surface area contributed by atoms with Crippen molar-refractivity contribution in [3.05, 3.63) is 23.5 Å². The van der Waals surface area contributed by atoms with E-state index in [2.05, 4.69) is 4.72 Å². The van der Waals surface area contributed by atoms with Gasteiger partial charge in [0.25, 0.3) is 11.3 Å². The molecule has 0 aliphatic carbocycles. The Morgan fingerprint density at radius 1 is 1.57 bits per heavy atom. The fraction of sp³-hybridized carbons (Fsp3) is 0.250. The summed E-state index contributed by atoms with van der Waals surface area (Å²) >= 11 is -2.20. The highest BCUT2D eigenvalue weighted by Gasteiger charge is 2.08. The van der Waals surface area contributed by atoms with Crippen molar-refractivity contribution >= 4 is 17.0 Å². The quantitative estimate of drug-likeness (QED) is 0.760. The van der Waals surface area contributed by atoms with Crippen molar-refractivity contribution in [3.8, 4) is 5.75 Å². The minimum absolute atomic E-state index is 0.108. The van der Waals surface area contributed by atoms with Gasteiger partial charge in [-0.05, 0) is 18.6 Å². The van der Waals surface area contributed by atoms with Gasteiger partial charge in [0.1, 0.15) is 0 Å². The van der Waals surface area contributed by atoms with Gasteiger partial charge in [-0.3, -0.25) is 9.27 Å². The van der Waals surface area contributed by atoms with Crippen LogP contribution in [0.1, 0.15) is 5.56 Å². The van der Waals surface area contributed by atoms with Crippen molar-refractivity contribution in [3.63, 3.8) is 0 Å². The molecule has 0 saturated carbocycles. The molecule has 1 aromatic rings. The fourth-order valence-electron chi connectivity index (χ4n) is 1.02. The first-order valence-electron chi connectivity index (χ1n) is 3.76. The van der Waals surface area contributed by atoms with Gasteiger partial charge in [0.2, 0.25) is 0 Å². The van der Waals surface area contributed by atoms with Crippen molar-refractivity contribution in [2.24, 2.45) is 0 Å². The first-order valence-corrected chi connectivity index (χ1v) is 4.87. The van der Waals surface area contributed by atoms with E-state index >= 15 is 0 Å². The van der Waals surface area contributed by atoms with E-state index in [1.807, 2.05) is 0 Å². The lowest BCUT2D eigenvalue weighted by atomic mass is 10.2. The van der Waals surface area contributed by atoms with Gasteiger partial charge < -0.3 is 4.74 Å². The van der Waals surface area contributed by atoms with Gasteiger partial charge in [0.05, 0.1) is 12.8 Å². The van der Waals surface area contributed by atoms with Gasteiger partial charge in [-0.25, -0.2) is 8.60 Å². The highest BCUT2D eigenvalue weighted by Crippen LogP contribution is 2.25. The Morgan fingerprint density at radius 3 is 2.71 bits per heavy atom. The molecule has 6 heteroatoms. The predicted molar refractivity (Wildman–Crippen MR) is 52.1 cm³/mol. The Kier molecular flexibility index (Phi) is 3.43. The number of halogens is 1. The van der Waals surface area contributed by atoms with E-state index in [1.165, 1.54) is 13.2 Å². The molecule has 0 aromatic heterocycles. The monoisotopic (exact) mass is 219 g/mol. The largest absolute Gasteiger partial charge is 0.494 e. The van der Waals surface area contributed by atoms with E-state index in [1.54, 1.807) is 6.92 Å². The van der Waals surface area contributed by atoms with Crippen LogP contribution in [0.4, 0.5) is 10.1 Å². The van der Waals surface area contributed by atoms with Crippen LogP contribution < -0.4 is 9.46 Å². The molecular formula is C8H10FNO3S. The summed E-state index contributed by atoms with van der Waals surface area (Å²) in [6.45, 7) is 1.68. The van der Waals surface area contributed by atoms with Crippen LogP contribution in [-0.2, 0) is 11.3 Å². The number of anilines is 1. The van der Waals surface area contributed by atoms with Crippen molar-refractivity contribution in [1.82, 2.24) is 0 Å². The zero-order valence-corrected chi connectivity index (χ0v) is 8.52. The van der Waals surface area contributed by atoms with Gasteiger partial charge in [0, 0.05) is 6.07 Å². The Labute approximate surface area is 83.5 Å². The van der Waals surface area contributed by atoms with Crippen LogP contribution in [0.5, 0.6) is 5.75 Å². The lowest BCUT2D eigenvalue weighted by Gasteiger charge is -2.08. The third kappa shape index (κ3) is 2.43. The average molecular weight is 219 g/mol. The lowest BCUT2D eigenvalue weighted by molar-refractivity contribution is 0.386. The summed E-state index contributed by atoms with van der Waals surface area (Å²) in [6, 6.07) is 2.56. The Hall–Kier alpha value is -1.14. The standard InChI is InChI=1S/C8H10FNO3S/c1-5-3-8(13-2)6(9)4-7(5)10-14(11)12/h3-4,10H,1-2H3,(H,11,12). The number of nitrogens with one attached hydrogen (secondary N) is 1. The number of benzene rings is 1. The van der Waals surface area contributed by atoms with Crippen LogP contribution in [-0.4, -0.2) is 15.9 Å². The maximum atomic E-state index is 13.1. The van der Waals surface area contributed by atoms with E-state index in [0.717, 1.165) is 6.07 Å². The van der Waals surface area contributed by atoms with Crippen molar-refractivity contribution < 1.29 is 17.9 Å². The molecule has 0 aliphatic rings. The van der Waals surface area contributed by atoms with Crippen molar-refractivity contribution in [2.75, 3.05) is 11.8 Å². The van der Waals surface area contributed by atoms with Gasteiger partial charge in [0.15, 0.2) is 11.6 Å². The second kappa shape index (κ2) is 4.39. The van der Waals surface area contributed by atoms with Gasteiger partial charge in [-0.15, -0.1) is 0 Å². The molecule has 1 atom stereocenters. The zero-order chi connectivity index (χ0) is 10.7. The Morgan fingerprint density at radius 2 is 2.21 bits per heavy atom. The second-order valence-corrected chi connectivity index (χ2v) is 3.36. The van der Waals surface area contributed by atoms with E-state index in [4.69, 9.17) is 9.29 Å². The highest BCUT2D eigenvalue weighted by molar-refractivity contribution is 7.80. The maximum Gasteiger partial charge on any atom is 0.259 e. The Bertz CT molecular complexity index is 370. The molecule has 0 aliphatic heterocycles. The summed E-state index contributed by atoms with van der Waals surface area (Å²) in [7, 11) is 1.36. The number of rotatable bonds is 3. The van der Waals surface area contributed by atoms with Crippen LogP contribution in [0.15, 0.2) is 12.1 Å². The smallest absolute Gasteiger partial charge is 0.259 e. The number of methoxy groups -OCH3 is 1. The first-order chi connectivity index (χ1) is 6.54. The molecule has 1 unspecified atom stereocenters. The van der Waals surface area contributed by atoms with Crippen LogP contribution in [0, 0.1) is 12.7 Å². The minimum Gasteiger partial charge on any atom is -0.494 e. The number of hydrogen-bond acceptors (Lipinski definition) is 2. The molecule has 78 valence electrons. The van der Waals surface area contributed by atoms with Crippen LogP contribution in [0.2, 0.25) is 0 Å². The van der Waals surface area contributed by atoms with Gasteiger partial charge in [-0.1, -0.05) is 0 Å². The van der Waals surface area contributed by atoms with E-state index in [-0.39, 0.29) is 11.4 Å². The molecule has 1 rings (SSSR count). The van der Waals surface area contributed by atoms with Crippen molar-refractivity contribution in [1.29, 1.82) is 0 Å². The fourth-order valence-corrected chi connectivity index (χ4v) is 1.42. The normalized spacial score (nSPS) is 12.3. The summed E-state index contributed by atoms with van der Waals surface area (Å²) in [5.74, 6) is -0.470. The molecule has 0 saturated heterocycles. The van der Waals surface area contributed by atoms with Crippen LogP contribution >= 0.6 is 0 Å². The van der Waals surface area contributed by atoms with Gasteiger partial charge >= 0.3 is 0 Å². The maximum absolute atomic E-state index is 13.1. The van der Waals surface area contributed by atoms with E-state index < -0.39 is 17.1 Å². The topological polar surface area (TPSA) is 58.6 Å². The van der Waals surface area contributed by atoms with E-state index in [0.29, 0.717) is 5.56 Å². The summed E-state index contributed by atoms with van der Waals surface area (Å²) in [5.41, 5.74) is 0.898. The third-order valence-electron chi connectivity index (χ3n) is 1.70. The molecule has 0 bridgehead atoms. The van der Waals surface area contributed by atoms with Gasteiger partial charge in [-0.2, -0.15) is 0 Å². The molecule has 0 spiro atoms. The number of hydrogen-bond donors (Lipinski definition) is 2. The number of ether oxygens (including phenoxy) is 1. The first kappa shape index (κ1) is 10.9.